The number of ether oxygens (including phenoxy) is 2. The summed E-state index contributed by atoms with van der Waals surface area (Å²) in [6.45, 7) is 7.91. The van der Waals surface area contributed by atoms with Crippen LogP contribution in [0.4, 0.5) is 5.69 Å². The largest absolute Gasteiger partial charge is 0.494 e. The number of hydrogen-bond acceptors (Lipinski definition) is 5. The van der Waals surface area contributed by atoms with Crippen molar-refractivity contribution in [1.29, 1.82) is 0 Å². The predicted octanol–water partition coefficient (Wildman–Crippen LogP) is 4.64. The van der Waals surface area contributed by atoms with Crippen molar-refractivity contribution < 1.29 is 19.1 Å². The number of piperidine rings is 1. The lowest BCUT2D eigenvalue weighted by Gasteiger charge is -2.29. The van der Waals surface area contributed by atoms with E-state index in [4.69, 9.17) is 9.47 Å². The van der Waals surface area contributed by atoms with E-state index in [1.165, 1.54) is 4.90 Å². The van der Waals surface area contributed by atoms with Gasteiger partial charge in [-0.05, 0) is 69.9 Å². The molecule has 1 fully saturated rings. The lowest BCUT2D eigenvalue weighted by Crippen LogP contribution is -2.37. The molecule has 0 unspecified atom stereocenters. The minimum atomic E-state index is -0.304. The Bertz CT molecular complexity index is 1020. The Morgan fingerprint density at radius 3 is 2.28 bits per heavy atom. The summed E-state index contributed by atoms with van der Waals surface area (Å²) in [5.74, 6) is 0.792. The molecule has 6 heteroatoms. The van der Waals surface area contributed by atoms with E-state index in [0.29, 0.717) is 29.3 Å². The van der Waals surface area contributed by atoms with E-state index in [1.807, 2.05) is 51.1 Å². The Balaban J connectivity index is 1.74. The summed E-state index contributed by atoms with van der Waals surface area (Å²) in [5.41, 5.74) is 2.20. The highest BCUT2D eigenvalue weighted by Gasteiger charge is 2.42. The Morgan fingerprint density at radius 2 is 1.62 bits per heavy atom. The standard InChI is InChI=1S/C26H30N2O4/c1-4-31-22-10-8-9-20(17-22)28-25(29)23(19-11-13-21(14-12-19)32-18(2)3)24(26(28)30)27-15-6-5-7-16-27/h8-14,17-18H,4-7,15-16H2,1-3H3. The van der Waals surface area contributed by atoms with Gasteiger partial charge in [0.05, 0.1) is 24.0 Å². The maximum absolute atomic E-state index is 13.7. The molecule has 0 aliphatic carbocycles. The Hall–Kier alpha value is -3.28. The molecule has 0 N–H and O–H groups in total. The van der Waals surface area contributed by atoms with Crippen LogP contribution in [0.25, 0.3) is 5.57 Å². The van der Waals surface area contributed by atoms with Gasteiger partial charge in [0, 0.05) is 19.2 Å². The number of likely N-dealkylation sites (tertiary alicyclic amines) is 1. The third-order valence-electron chi connectivity index (χ3n) is 5.63. The summed E-state index contributed by atoms with van der Waals surface area (Å²) < 4.78 is 11.3. The van der Waals surface area contributed by atoms with Gasteiger partial charge in [0.25, 0.3) is 11.8 Å². The average molecular weight is 435 g/mol. The third-order valence-corrected chi connectivity index (χ3v) is 5.63. The van der Waals surface area contributed by atoms with E-state index in [-0.39, 0.29) is 17.9 Å². The number of nitrogens with zero attached hydrogens (tertiary/aromatic N) is 2. The Labute approximate surface area is 189 Å². The molecule has 2 aromatic rings. The van der Waals surface area contributed by atoms with Crippen LogP contribution < -0.4 is 14.4 Å². The molecule has 168 valence electrons. The zero-order valence-corrected chi connectivity index (χ0v) is 19.0. The van der Waals surface area contributed by atoms with Crippen LogP contribution >= 0.6 is 0 Å². The second kappa shape index (κ2) is 9.47. The normalized spacial score (nSPS) is 16.9. The van der Waals surface area contributed by atoms with E-state index in [0.717, 1.165) is 43.7 Å². The fourth-order valence-corrected chi connectivity index (χ4v) is 4.28. The van der Waals surface area contributed by atoms with Gasteiger partial charge in [-0.25, -0.2) is 4.90 Å². The number of anilines is 1. The summed E-state index contributed by atoms with van der Waals surface area (Å²) in [4.78, 5) is 30.6. The molecule has 6 nitrogen and oxygen atoms in total. The summed E-state index contributed by atoms with van der Waals surface area (Å²) in [6, 6.07) is 14.6. The molecule has 2 aliphatic rings. The summed E-state index contributed by atoms with van der Waals surface area (Å²) in [6.07, 6.45) is 3.23. The number of benzene rings is 2. The molecule has 0 spiro atoms. The maximum Gasteiger partial charge on any atom is 0.282 e. The molecule has 32 heavy (non-hydrogen) atoms. The van der Waals surface area contributed by atoms with Gasteiger partial charge in [0.2, 0.25) is 0 Å². The first-order chi connectivity index (χ1) is 15.5. The fourth-order valence-electron chi connectivity index (χ4n) is 4.28. The van der Waals surface area contributed by atoms with Crippen LogP contribution in [-0.4, -0.2) is 42.5 Å². The van der Waals surface area contributed by atoms with E-state index < -0.39 is 0 Å². The van der Waals surface area contributed by atoms with E-state index in [9.17, 15) is 9.59 Å². The van der Waals surface area contributed by atoms with Gasteiger partial charge in [0.15, 0.2) is 0 Å². The van der Waals surface area contributed by atoms with Gasteiger partial charge in [-0.1, -0.05) is 18.2 Å². The minimum absolute atomic E-state index is 0.0618. The highest BCUT2D eigenvalue weighted by molar-refractivity contribution is 6.45. The highest BCUT2D eigenvalue weighted by Crippen LogP contribution is 2.37. The zero-order valence-electron chi connectivity index (χ0n) is 19.0. The van der Waals surface area contributed by atoms with Crippen molar-refractivity contribution in [1.82, 2.24) is 4.90 Å². The van der Waals surface area contributed by atoms with Crippen molar-refractivity contribution in [3.05, 3.63) is 59.8 Å². The molecule has 0 bridgehead atoms. The number of imide groups is 1. The van der Waals surface area contributed by atoms with Crippen LogP contribution in [0.3, 0.4) is 0 Å². The molecule has 2 heterocycles. The lowest BCUT2D eigenvalue weighted by molar-refractivity contribution is -0.120. The summed E-state index contributed by atoms with van der Waals surface area (Å²) >= 11 is 0. The highest BCUT2D eigenvalue weighted by atomic mass is 16.5. The number of amides is 2. The van der Waals surface area contributed by atoms with Crippen molar-refractivity contribution in [2.75, 3.05) is 24.6 Å². The molecule has 0 atom stereocenters. The first-order valence-corrected chi connectivity index (χ1v) is 11.4. The van der Waals surface area contributed by atoms with E-state index in [1.54, 1.807) is 18.2 Å². The topological polar surface area (TPSA) is 59.1 Å². The van der Waals surface area contributed by atoms with Gasteiger partial charge < -0.3 is 14.4 Å². The number of hydrogen-bond donors (Lipinski definition) is 0. The quantitative estimate of drug-likeness (QED) is 0.594. The number of carbonyl (C=O) groups is 2. The molecule has 2 amide bonds. The van der Waals surface area contributed by atoms with Crippen molar-refractivity contribution in [3.8, 4) is 11.5 Å². The van der Waals surface area contributed by atoms with Crippen LogP contribution in [0.1, 0.15) is 45.6 Å². The predicted molar refractivity (Wildman–Crippen MR) is 125 cm³/mol. The second-order valence-corrected chi connectivity index (χ2v) is 8.34. The molecule has 2 aliphatic heterocycles. The van der Waals surface area contributed by atoms with Crippen molar-refractivity contribution >= 4 is 23.1 Å². The van der Waals surface area contributed by atoms with Crippen LogP contribution in [-0.2, 0) is 9.59 Å². The maximum atomic E-state index is 13.7. The van der Waals surface area contributed by atoms with Crippen LogP contribution in [0.5, 0.6) is 11.5 Å². The van der Waals surface area contributed by atoms with Crippen LogP contribution in [0.2, 0.25) is 0 Å². The second-order valence-electron chi connectivity index (χ2n) is 8.34. The molecule has 4 rings (SSSR count). The van der Waals surface area contributed by atoms with Gasteiger partial charge >= 0.3 is 0 Å². The SMILES string of the molecule is CCOc1cccc(N2C(=O)C(c3ccc(OC(C)C)cc3)=C(N3CCCCC3)C2=O)c1. The van der Waals surface area contributed by atoms with Crippen molar-refractivity contribution in [2.24, 2.45) is 0 Å². The first-order valence-electron chi connectivity index (χ1n) is 11.4. The average Bonchev–Trinajstić information content (AvgIpc) is 3.05. The third kappa shape index (κ3) is 4.35. The van der Waals surface area contributed by atoms with Crippen LogP contribution in [0, 0.1) is 0 Å². The molecule has 2 aromatic carbocycles. The Kier molecular flexibility index (Phi) is 6.49. The summed E-state index contributed by atoms with van der Waals surface area (Å²) in [7, 11) is 0. The van der Waals surface area contributed by atoms with Crippen molar-refractivity contribution in [3.63, 3.8) is 0 Å². The van der Waals surface area contributed by atoms with Crippen LogP contribution in [0.15, 0.2) is 54.2 Å². The Morgan fingerprint density at radius 1 is 0.906 bits per heavy atom. The van der Waals surface area contributed by atoms with E-state index in [2.05, 4.69) is 4.90 Å². The minimum Gasteiger partial charge on any atom is -0.494 e. The van der Waals surface area contributed by atoms with Gasteiger partial charge in [-0.15, -0.1) is 0 Å². The molecule has 0 aromatic heterocycles. The smallest absolute Gasteiger partial charge is 0.282 e. The lowest BCUT2D eigenvalue weighted by atomic mass is 10.0. The van der Waals surface area contributed by atoms with E-state index >= 15 is 0 Å². The van der Waals surface area contributed by atoms with Gasteiger partial charge in [-0.3, -0.25) is 9.59 Å². The number of rotatable bonds is 7. The van der Waals surface area contributed by atoms with Gasteiger partial charge in [-0.2, -0.15) is 0 Å². The molecule has 1 saturated heterocycles. The fraction of sp³-hybridized carbons (Fsp3) is 0.385. The van der Waals surface area contributed by atoms with Gasteiger partial charge in [0.1, 0.15) is 17.2 Å². The molecular formula is C26H30N2O4. The molecule has 0 radical (unpaired) electrons. The van der Waals surface area contributed by atoms with Crippen molar-refractivity contribution in [2.45, 2.75) is 46.1 Å². The molecule has 0 saturated carbocycles. The summed E-state index contributed by atoms with van der Waals surface area (Å²) in [5, 5.41) is 0. The monoisotopic (exact) mass is 434 g/mol. The molecular weight excluding hydrogens is 404 g/mol. The first kappa shape index (κ1) is 21.9. The number of carbonyl (C=O) groups excluding carboxylic acids is 2. The zero-order chi connectivity index (χ0) is 22.7.